The molecule has 0 bridgehead atoms. The van der Waals surface area contributed by atoms with Gasteiger partial charge in [0.25, 0.3) is 0 Å². The molecular formula is C13H21N3O4S. The Morgan fingerprint density at radius 1 is 1.48 bits per heavy atom. The van der Waals surface area contributed by atoms with Gasteiger partial charge >= 0.3 is 0 Å². The van der Waals surface area contributed by atoms with Crippen LogP contribution in [0.15, 0.2) is 4.52 Å². The van der Waals surface area contributed by atoms with Gasteiger partial charge in [-0.15, -0.1) is 0 Å². The SMILES string of the molecule is CC(C)c1noc(CCCC(=O)N[C@@H]2CCS(=O)(=O)C2)n1. The Labute approximate surface area is 124 Å². The Hall–Kier alpha value is -1.44. The smallest absolute Gasteiger partial charge is 0.226 e. The molecular weight excluding hydrogens is 294 g/mol. The second-order valence-electron chi connectivity index (χ2n) is 5.72. The molecule has 2 rings (SSSR count). The van der Waals surface area contributed by atoms with Crippen LogP contribution in [0.25, 0.3) is 0 Å². The molecule has 0 spiro atoms. The summed E-state index contributed by atoms with van der Waals surface area (Å²) in [7, 11) is -2.96. The molecule has 1 aromatic heterocycles. The van der Waals surface area contributed by atoms with E-state index in [0.29, 0.717) is 37.4 Å². The molecule has 0 aliphatic carbocycles. The van der Waals surface area contributed by atoms with E-state index >= 15 is 0 Å². The number of aryl methyl sites for hydroxylation is 1. The lowest BCUT2D eigenvalue weighted by Gasteiger charge is -2.09. The van der Waals surface area contributed by atoms with E-state index in [2.05, 4.69) is 15.5 Å². The van der Waals surface area contributed by atoms with Gasteiger partial charge in [0.15, 0.2) is 15.7 Å². The number of rotatable bonds is 6. The molecule has 1 aliphatic rings. The van der Waals surface area contributed by atoms with E-state index in [-0.39, 0.29) is 29.4 Å². The number of hydrogen-bond acceptors (Lipinski definition) is 6. The highest BCUT2D eigenvalue weighted by Crippen LogP contribution is 2.13. The molecule has 0 aromatic carbocycles. The molecule has 1 aliphatic heterocycles. The van der Waals surface area contributed by atoms with Crippen molar-refractivity contribution in [3.05, 3.63) is 11.7 Å². The van der Waals surface area contributed by atoms with E-state index < -0.39 is 9.84 Å². The highest BCUT2D eigenvalue weighted by atomic mass is 32.2. The summed E-state index contributed by atoms with van der Waals surface area (Å²) >= 11 is 0. The molecule has 2 heterocycles. The summed E-state index contributed by atoms with van der Waals surface area (Å²) in [5, 5.41) is 6.62. The van der Waals surface area contributed by atoms with Gasteiger partial charge in [-0.2, -0.15) is 4.98 Å². The quantitative estimate of drug-likeness (QED) is 0.833. The van der Waals surface area contributed by atoms with Gasteiger partial charge in [-0.1, -0.05) is 19.0 Å². The molecule has 0 unspecified atom stereocenters. The molecule has 0 radical (unpaired) electrons. The molecule has 1 saturated heterocycles. The molecule has 1 N–H and O–H groups in total. The minimum Gasteiger partial charge on any atom is -0.352 e. The van der Waals surface area contributed by atoms with Gasteiger partial charge in [0.1, 0.15) is 0 Å². The molecule has 8 heteroatoms. The number of amides is 1. The van der Waals surface area contributed by atoms with Crippen molar-refractivity contribution >= 4 is 15.7 Å². The van der Waals surface area contributed by atoms with Crippen molar-refractivity contribution in [1.29, 1.82) is 0 Å². The molecule has 7 nitrogen and oxygen atoms in total. The maximum absolute atomic E-state index is 11.7. The van der Waals surface area contributed by atoms with Crippen molar-refractivity contribution in [2.45, 2.75) is 51.5 Å². The number of nitrogens with zero attached hydrogens (tertiary/aromatic N) is 2. The second-order valence-corrected chi connectivity index (χ2v) is 7.95. The fraction of sp³-hybridized carbons (Fsp3) is 0.769. The average Bonchev–Trinajstić information content (AvgIpc) is 2.96. The Bertz CT molecular complexity index is 594. The minimum atomic E-state index is -2.96. The van der Waals surface area contributed by atoms with Crippen molar-refractivity contribution in [2.24, 2.45) is 0 Å². The highest BCUT2D eigenvalue weighted by molar-refractivity contribution is 7.91. The molecule has 1 aromatic rings. The predicted octanol–water partition coefficient (Wildman–Crippen LogP) is 0.819. The van der Waals surface area contributed by atoms with Crippen LogP contribution in [0.5, 0.6) is 0 Å². The van der Waals surface area contributed by atoms with Gasteiger partial charge < -0.3 is 9.84 Å². The van der Waals surface area contributed by atoms with Crippen LogP contribution < -0.4 is 5.32 Å². The summed E-state index contributed by atoms with van der Waals surface area (Å²) in [5.74, 6) is 1.52. The van der Waals surface area contributed by atoms with Crippen LogP contribution in [0.3, 0.4) is 0 Å². The van der Waals surface area contributed by atoms with Crippen LogP contribution in [-0.2, 0) is 21.1 Å². The third-order valence-corrected chi connectivity index (χ3v) is 5.16. The summed E-state index contributed by atoms with van der Waals surface area (Å²) in [6, 6.07) is -0.238. The maximum Gasteiger partial charge on any atom is 0.226 e. The molecule has 118 valence electrons. The van der Waals surface area contributed by atoms with Crippen LogP contribution in [0, 0.1) is 0 Å². The molecule has 1 atom stereocenters. The number of aromatic nitrogens is 2. The Balaban J connectivity index is 1.69. The third kappa shape index (κ3) is 4.80. The van der Waals surface area contributed by atoms with Gasteiger partial charge in [0, 0.05) is 24.8 Å². The first kappa shape index (κ1) is 15.9. The summed E-state index contributed by atoms with van der Waals surface area (Å²) in [5.41, 5.74) is 0. The zero-order valence-corrected chi connectivity index (χ0v) is 13.1. The number of nitrogens with one attached hydrogen (secondary N) is 1. The fourth-order valence-corrected chi connectivity index (χ4v) is 3.89. The first-order chi connectivity index (χ1) is 9.85. The molecule has 21 heavy (non-hydrogen) atoms. The van der Waals surface area contributed by atoms with Gasteiger partial charge in [0.05, 0.1) is 11.5 Å². The fourth-order valence-electron chi connectivity index (χ4n) is 2.21. The van der Waals surface area contributed by atoms with Crippen LogP contribution in [-0.4, -0.2) is 42.0 Å². The Kier molecular flexibility index (Phi) is 4.97. The number of sulfone groups is 1. The van der Waals surface area contributed by atoms with E-state index in [1.54, 1.807) is 0 Å². The topological polar surface area (TPSA) is 102 Å². The van der Waals surface area contributed by atoms with Gasteiger partial charge in [-0.3, -0.25) is 4.79 Å². The largest absolute Gasteiger partial charge is 0.352 e. The van der Waals surface area contributed by atoms with E-state index in [4.69, 9.17) is 4.52 Å². The summed E-state index contributed by atoms with van der Waals surface area (Å²) in [6.07, 6.45) is 1.99. The predicted molar refractivity (Wildman–Crippen MR) is 76.5 cm³/mol. The van der Waals surface area contributed by atoms with E-state index in [1.165, 1.54) is 0 Å². The van der Waals surface area contributed by atoms with Crippen molar-refractivity contribution in [3.63, 3.8) is 0 Å². The third-order valence-electron chi connectivity index (χ3n) is 3.39. The monoisotopic (exact) mass is 315 g/mol. The van der Waals surface area contributed by atoms with Gasteiger partial charge in [-0.25, -0.2) is 8.42 Å². The van der Waals surface area contributed by atoms with Crippen LogP contribution in [0.1, 0.15) is 50.7 Å². The van der Waals surface area contributed by atoms with Crippen LogP contribution >= 0.6 is 0 Å². The lowest BCUT2D eigenvalue weighted by atomic mass is 10.2. The molecule has 0 saturated carbocycles. The standard InChI is InChI=1S/C13H21N3O4S/c1-9(2)13-15-12(20-16-13)5-3-4-11(17)14-10-6-7-21(18,19)8-10/h9-10H,3-8H2,1-2H3,(H,14,17)/t10-/m1/s1. The van der Waals surface area contributed by atoms with Crippen molar-refractivity contribution in [2.75, 3.05) is 11.5 Å². The van der Waals surface area contributed by atoms with Crippen LogP contribution in [0.4, 0.5) is 0 Å². The number of carbonyl (C=O) groups is 1. The minimum absolute atomic E-state index is 0.0557. The lowest BCUT2D eigenvalue weighted by Crippen LogP contribution is -2.35. The van der Waals surface area contributed by atoms with Crippen molar-refractivity contribution in [3.8, 4) is 0 Å². The zero-order valence-electron chi connectivity index (χ0n) is 12.3. The first-order valence-corrected chi connectivity index (χ1v) is 9.00. The number of carbonyl (C=O) groups excluding carboxylic acids is 1. The van der Waals surface area contributed by atoms with Gasteiger partial charge in [0.2, 0.25) is 11.8 Å². The summed E-state index contributed by atoms with van der Waals surface area (Å²) < 4.78 is 27.7. The van der Waals surface area contributed by atoms with E-state index in [1.807, 2.05) is 13.8 Å². The zero-order chi connectivity index (χ0) is 15.5. The summed E-state index contributed by atoms with van der Waals surface area (Å²) in [4.78, 5) is 16.0. The van der Waals surface area contributed by atoms with Crippen molar-refractivity contribution < 1.29 is 17.7 Å². The van der Waals surface area contributed by atoms with Gasteiger partial charge in [-0.05, 0) is 12.8 Å². The Morgan fingerprint density at radius 3 is 2.81 bits per heavy atom. The second kappa shape index (κ2) is 6.55. The highest BCUT2D eigenvalue weighted by Gasteiger charge is 2.28. The summed E-state index contributed by atoms with van der Waals surface area (Å²) in [6.45, 7) is 3.97. The first-order valence-electron chi connectivity index (χ1n) is 7.18. The molecule has 1 amide bonds. The van der Waals surface area contributed by atoms with Crippen molar-refractivity contribution in [1.82, 2.24) is 15.5 Å². The number of hydrogen-bond donors (Lipinski definition) is 1. The normalized spacial score (nSPS) is 20.8. The van der Waals surface area contributed by atoms with Crippen LogP contribution in [0.2, 0.25) is 0 Å². The average molecular weight is 315 g/mol. The van der Waals surface area contributed by atoms with E-state index in [0.717, 1.165) is 0 Å². The van der Waals surface area contributed by atoms with E-state index in [9.17, 15) is 13.2 Å². The Morgan fingerprint density at radius 2 is 2.24 bits per heavy atom. The molecule has 1 fully saturated rings. The maximum atomic E-state index is 11.7. The lowest BCUT2D eigenvalue weighted by molar-refractivity contribution is -0.121.